The van der Waals surface area contributed by atoms with Crippen LogP contribution in [0.25, 0.3) is 22.0 Å². The van der Waals surface area contributed by atoms with E-state index in [1.165, 1.54) is 12.1 Å². The third-order valence-electron chi connectivity index (χ3n) is 3.19. The van der Waals surface area contributed by atoms with Gasteiger partial charge < -0.3 is 5.32 Å². The highest BCUT2D eigenvalue weighted by Gasteiger charge is 2.03. The monoisotopic (exact) mass is 279 g/mol. The Kier molecular flexibility index (Phi) is 3.36. The van der Waals surface area contributed by atoms with Gasteiger partial charge in [-0.05, 0) is 54.8 Å². The highest BCUT2D eigenvalue weighted by molar-refractivity contribution is 5.95. The number of hydrogen-bond acceptors (Lipinski definition) is 2. The molecule has 3 rings (SSSR count). The zero-order valence-electron chi connectivity index (χ0n) is 11.5. The predicted octanol–water partition coefficient (Wildman–Crippen LogP) is 4.45. The molecule has 0 saturated heterocycles. The second-order valence-electron chi connectivity index (χ2n) is 4.89. The molecule has 0 aliphatic carbocycles. The molecular formula is C17H14FN3. The van der Waals surface area contributed by atoms with Crippen molar-refractivity contribution in [3.63, 3.8) is 0 Å². The quantitative estimate of drug-likeness (QED) is 0.538. The van der Waals surface area contributed by atoms with Gasteiger partial charge in [-0.15, -0.1) is 0 Å². The number of hydrogen-bond donors (Lipinski definition) is 2. The first-order valence-electron chi connectivity index (χ1n) is 6.60. The molecule has 0 spiro atoms. The smallest absolute Gasteiger partial charge is 0.123 e. The van der Waals surface area contributed by atoms with E-state index in [0.29, 0.717) is 5.84 Å². The Hall–Kier alpha value is -2.75. The van der Waals surface area contributed by atoms with Crippen LogP contribution in [0.4, 0.5) is 10.1 Å². The molecule has 0 fully saturated rings. The van der Waals surface area contributed by atoms with Gasteiger partial charge in [-0.3, -0.25) is 10.4 Å². The summed E-state index contributed by atoms with van der Waals surface area (Å²) in [4.78, 5) is 4.41. The second-order valence-corrected chi connectivity index (χ2v) is 4.89. The molecule has 0 unspecified atom stereocenters. The van der Waals surface area contributed by atoms with Gasteiger partial charge in [-0.1, -0.05) is 6.07 Å². The van der Waals surface area contributed by atoms with Crippen molar-refractivity contribution in [3.8, 4) is 11.3 Å². The van der Waals surface area contributed by atoms with Crippen LogP contribution < -0.4 is 5.32 Å². The maximum Gasteiger partial charge on any atom is 0.123 e. The largest absolute Gasteiger partial charge is 0.344 e. The van der Waals surface area contributed by atoms with Crippen molar-refractivity contribution in [1.29, 1.82) is 5.41 Å². The normalized spacial score (nSPS) is 10.6. The number of pyridine rings is 1. The molecule has 2 aromatic carbocycles. The summed E-state index contributed by atoms with van der Waals surface area (Å²) >= 11 is 0. The van der Waals surface area contributed by atoms with Crippen LogP contribution in [0.5, 0.6) is 0 Å². The Balaban J connectivity index is 2.05. The van der Waals surface area contributed by atoms with Gasteiger partial charge in [0.2, 0.25) is 0 Å². The number of benzene rings is 2. The Labute approximate surface area is 122 Å². The Morgan fingerprint density at radius 3 is 2.52 bits per heavy atom. The van der Waals surface area contributed by atoms with Crippen molar-refractivity contribution < 1.29 is 4.39 Å². The van der Waals surface area contributed by atoms with Crippen LogP contribution in [0.1, 0.15) is 6.92 Å². The molecule has 2 N–H and O–H groups in total. The average molecular weight is 279 g/mol. The van der Waals surface area contributed by atoms with Crippen LogP contribution in [0, 0.1) is 11.2 Å². The molecule has 0 atom stereocenters. The standard InChI is InChI=1S/C17H14FN3/c1-11(19)21-16-7-4-13-10-20-17(9-14(13)8-16)12-2-5-15(18)6-3-12/h2-10H,1H3,(H2,19,21). The molecule has 104 valence electrons. The first-order chi connectivity index (χ1) is 10.1. The summed E-state index contributed by atoms with van der Waals surface area (Å²) in [6.45, 7) is 1.70. The molecule has 21 heavy (non-hydrogen) atoms. The van der Waals surface area contributed by atoms with Gasteiger partial charge in [-0.25, -0.2) is 4.39 Å². The first-order valence-corrected chi connectivity index (χ1v) is 6.60. The SMILES string of the molecule is CC(=N)Nc1ccc2cnc(-c3ccc(F)cc3)cc2c1. The van der Waals surface area contributed by atoms with Gasteiger partial charge in [0, 0.05) is 22.8 Å². The van der Waals surface area contributed by atoms with Gasteiger partial charge >= 0.3 is 0 Å². The minimum absolute atomic E-state index is 0.257. The van der Waals surface area contributed by atoms with E-state index in [2.05, 4.69) is 10.3 Å². The van der Waals surface area contributed by atoms with E-state index >= 15 is 0 Å². The summed E-state index contributed by atoms with van der Waals surface area (Å²) in [7, 11) is 0. The molecule has 0 bridgehead atoms. The van der Waals surface area contributed by atoms with Crippen LogP contribution in [-0.2, 0) is 0 Å². The van der Waals surface area contributed by atoms with E-state index in [1.807, 2.05) is 24.3 Å². The summed E-state index contributed by atoms with van der Waals surface area (Å²) in [5.74, 6) is 0.134. The highest BCUT2D eigenvalue weighted by atomic mass is 19.1. The lowest BCUT2D eigenvalue weighted by molar-refractivity contribution is 0.628. The summed E-state index contributed by atoms with van der Waals surface area (Å²) in [6.07, 6.45) is 1.80. The summed E-state index contributed by atoms with van der Waals surface area (Å²) in [5.41, 5.74) is 2.54. The lowest BCUT2D eigenvalue weighted by Crippen LogP contribution is -2.04. The molecule has 3 aromatic rings. The number of amidine groups is 1. The van der Waals surface area contributed by atoms with Crippen molar-refractivity contribution >= 4 is 22.3 Å². The number of fused-ring (bicyclic) bond motifs is 1. The summed E-state index contributed by atoms with van der Waals surface area (Å²) < 4.78 is 13.0. The molecule has 0 aliphatic rings. The fraction of sp³-hybridized carbons (Fsp3) is 0.0588. The number of anilines is 1. The van der Waals surface area contributed by atoms with Crippen LogP contribution in [0.3, 0.4) is 0 Å². The molecule has 4 heteroatoms. The van der Waals surface area contributed by atoms with Gasteiger partial charge in [-0.2, -0.15) is 0 Å². The van der Waals surface area contributed by atoms with Crippen LogP contribution in [-0.4, -0.2) is 10.8 Å². The molecular weight excluding hydrogens is 265 g/mol. The van der Waals surface area contributed by atoms with E-state index in [-0.39, 0.29) is 5.82 Å². The number of halogens is 1. The Morgan fingerprint density at radius 1 is 1.05 bits per heavy atom. The zero-order chi connectivity index (χ0) is 14.8. The Morgan fingerprint density at radius 2 is 1.81 bits per heavy atom. The van der Waals surface area contributed by atoms with Gasteiger partial charge in [0.25, 0.3) is 0 Å². The van der Waals surface area contributed by atoms with Crippen molar-refractivity contribution in [2.24, 2.45) is 0 Å². The molecule has 1 heterocycles. The lowest BCUT2D eigenvalue weighted by Gasteiger charge is -2.07. The molecule has 1 aromatic heterocycles. The maximum atomic E-state index is 13.0. The molecule has 0 saturated carbocycles. The fourth-order valence-electron chi connectivity index (χ4n) is 2.21. The number of nitrogens with zero attached hydrogens (tertiary/aromatic N) is 1. The number of nitrogens with one attached hydrogen (secondary N) is 2. The van der Waals surface area contributed by atoms with Gasteiger partial charge in [0.1, 0.15) is 5.82 Å². The topological polar surface area (TPSA) is 48.8 Å². The summed E-state index contributed by atoms with van der Waals surface area (Å²) in [6, 6.07) is 14.1. The third kappa shape index (κ3) is 2.89. The maximum absolute atomic E-state index is 13.0. The number of rotatable bonds is 2. The van der Waals surface area contributed by atoms with E-state index in [1.54, 1.807) is 25.3 Å². The van der Waals surface area contributed by atoms with Crippen LogP contribution in [0.15, 0.2) is 54.7 Å². The number of aromatic nitrogens is 1. The van der Waals surface area contributed by atoms with Gasteiger partial charge in [0.15, 0.2) is 0 Å². The van der Waals surface area contributed by atoms with Crippen molar-refractivity contribution in [2.45, 2.75) is 6.92 Å². The van der Waals surface area contributed by atoms with Crippen molar-refractivity contribution in [3.05, 3.63) is 60.5 Å². The van der Waals surface area contributed by atoms with Crippen LogP contribution in [0.2, 0.25) is 0 Å². The predicted molar refractivity (Wildman–Crippen MR) is 84.2 cm³/mol. The van der Waals surface area contributed by atoms with Crippen molar-refractivity contribution in [1.82, 2.24) is 4.98 Å². The van der Waals surface area contributed by atoms with Gasteiger partial charge in [0.05, 0.1) is 11.5 Å². The highest BCUT2D eigenvalue weighted by Crippen LogP contribution is 2.24. The first kappa shape index (κ1) is 13.2. The van der Waals surface area contributed by atoms with E-state index in [4.69, 9.17) is 5.41 Å². The fourth-order valence-corrected chi connectivity index (χ4v) is 2.21. The van der Waals surface area contributed by atoms with E-state index in [0.717, 1.165) is 27.7 Å². The molecule has 0 aliphatic heterocycles. The minimum atomic E-state index is -0.257. The molecule has 3 nitrogen and oxygen atoms in total. The van der Waals surface area contributed by atoms with E-state index in [9.17, 15) is 4.39 Å². The van der Waals surface area contributed by atoms with Crippen LogP contribution >= 0.6 is 0 Å². The third-order valence-corrected chi connectivity index (χ3v) is 3.19. The average Bonchev–Trinajstić information content (AvgIpc) is 2.46. The molecule has 0 amide bonds. The van der Waals surface area contributed by atoms with Crippen molar-refractivity contribution in [2.75, 3.05) is 5.32 Å². The zero-order valence-corrected chi connectivity index (χ0v) is 11.5. The van der Waals surface area contributed by atoms with E-state index < -0.39 is 0 Å². The Bertz CT molecular complexity index is 810. The molecule has 0 radical (unpaired) electrons. The second kappa shape index (κ2) is 5.32. The summed E-state index contributed by atoms with van der Waals surface area (Å²) in [5, 5.41) is 12.5. The lowest BCUT2D eigenvalue weighted by atomic mass is 10.1. The minimum Gasteiger partial charge on any atom is -0.344 e.